The minimum absolute atomic E-state index is 0.185. The normalized spacial score (nSPS) is 16.8. The van der Waals surface area contributed by atoms with Crippen LogP contribution >= 0.6 is 0 Å². The summed E-state index contributed by atoms with van der Waals surface area (Å²) in [5, 5.41) is 0. The predicted molar refractivity (Wildman–Crippen MR) is 136 cm³/mol. The Hall–Kier alpha value is -2.35. The highest BCUT2D eigenvalue weighted by atomic mass is 16.5. The molecule has 1 aliphatic carbocycles. The van der Waals surface area contributed by atoms with Gasteiger partial charge in [0.25, 0.3) is 0 Å². The molecule has 0 saturated heterocycles. The molecule has 2 aromatic rings. The molecule has 0 radical (unpaired) electrons. The van der Waals surface area contributed by atoms with E-state index in [0.29, 0.717) is 18.1 Å². The number of esters is 1. The monoisotopic (exact) mass is 432 g/mol. The van der Waals surface area contributed by atoms with Crippen LogP contribution in [0.1, 0.15) is 106 Å². The Morgan fingerprint density at radius 3 is 2.19 bits per heavy atom. The molecular weight excluding hydrogens is 392 g/mol. The number of benzene rings is 2. The quantitative estimate of drug-likeness (QED) is 0.327. The van der Waals surface area contributed by atoms with Gasteiger partial charge in [-0.1, -0.05) is 78.8 Å². The molecule has 0 N–H and O–H groups in total. The van der Waals surface area contributed by atoms with Gasteiger partial charge in [-0.2, -0.15) is 0 Å². The first kappa shape index (κ1) is 24.3. The van der Waals surface area contributed by atoms with Crippen LogP contribution in [0.4, 0.5) is 0 Å². The van der Waals surface area contributed by atoms with Gasteiger partial charge in [-0.05, 0) is 88.5 Å². The van der Waals surface area contributed by atoms with Crippen molar-refractivity contribution in [2.24, 2.45) is 5.92 Å². The van der Waals surface area contributed by atoms with E-state index in [4.69, 9.17) is 4.74 Å². The van der Waals surface area contributed by atoms with E-state index < -0.39 is 0 Å². The summed E-state index contributed by atoms with van der Waals surface area (Å²) in [5.74, 6) is 0.354. The fourth-order valence-corrected chi connectivity index (χ4v) is 5.36. The van der Waals surface area contributed by atoms with E-state index in [-0.39, 0.29) is 16.8 Å². The second-order valence-corrected chi connectivity index (χ2v) is 11.2. The smallest absolute Gasteiger partial charge is 0.338 e. The lowest BCUT2D eigenvalue weighted by Gasteiger charge is -2.22. The van der Waals surface area contributed by atoms with Gasteiger partial charge in [-0.25, -0.2) is 4.79 Å². The first-order valence-electron chi connectivity index (χ1n) is 12.1. The van der Waals surface area contributed by atoms with Gasteiger partial charge >= 0.3 is 5.97 Å². The zero-order valence-corrected chi connectivity index (χ0v) is 21.3. The Bertz CT molecular complexity index is 1000. The molecule has 0 aliphatic heterocycles. The SMILES string of the molecule is CCCOC(=O)c1ccc(/C=C(\C)c2cc3c(cc2CC(C)C)C(C)(C)CC3(C)C)cc1. The van der Waals surface area contributed by atoms with Crippen molar-refractivity contribution in [3.05, 3.63) is 69.8 Å². The van der Waals surface area contributed by atoms with Gasteiger partial charge in [0, 0.05) is 0 Å². The van der Waals surface area contributed by atoms with Crippen LogP contribution in [-0.2, 0) is 22.0 Å². The first-order chi connectivity index (χ1) is 14.9. The minimum Gasteiger partial charge on any atom is -0.462 e. The lowest BCUT2D eigenvalue weighted by Crippen LogP contribution is -2.18. The third-order valence-electron chi connectivity index (χ3n) is 6.61. The number of hydrogen-bond donors (Lipinski definition) is 0. The predicted octanol–water partition coefficient (Wildman–Crippen LogP) is 7.97. The Labute approximate surface area is 195 Å². The summed E-state index contributed by atoms with van der Waals surface area (Å²) in [7, 11) is 0. The fraction of sp³-hybridized carbons (Fsp3) is 0.500. The molecular formula is C30H40O2. The van der Waals surface area contributed by atoms with Gasteiger partial charge in [0.15, 0.2) is 0 Å². The highest BCUT2D eigenvalue weighted by Gasteiger charge is 2.42. The number of carbonyl (C=O) groups excluding carboxylic acids is 1. The van der Waals surface area contributed by atoms with Crippen molar-refractivity contribution in [2.75, 3.05) is 6.61 Å². The topological polar surface area (TPSA) is 26.3 Å². The van der Waals surface area contributed by atoms with Gasteiger partial charge in [-0.3, -0.25) is 0 Å². The van der Waals surface area contributed by atoms with E-state index in [1.807, 2.05) is 31.2 Å². The zero-order chi connectivity index (χ0) is 23.7. The lowest BCUT2D eigenvalue weighted by atomic mass is 9.82. The summed E-state index contributed by atoms with van der Waals surface area (Å²) >= 11 is 0. The Balaban J connectivity index is 1.99. The first-order valence-corrected chi connectivity index (χ1v) is 12.1. The number of rotatable bonds is 7. The van der Waals surface area contributed by atoms with Crippen molar-refractivity contribution in [1.29, 1.82) is 0 Å². The van der Waals surface area contributed by atoms with E-state index in [9.17, 15) is 4.79 Å². The standard InChI is InChI=1S/C30H40O2/c1-9-14-32-28(31)23-12-10-22(11-13-23)16-21(4)25-18-27-26(17-24(25)15-20(2)3)29(5,6)19-30(27,7)8/h10-13,16-18,20H,9,14-15,19H2,1-8H3/b21-16+. The summed E-state index contributed by atoms with van der Waals surface area (Å²) in [5.41, 5.74) is 9.18. The van der Waals surface area contributed by atoms with E-state index in [2.05, 4.69) is 66.7 Å². The van der Waals surface area contributed by atoms with E-state index in [1.54, 1.807) is 0 Å². The molecule has 3 rings (SSSR count). The maximum absolute atomic E-state index is 12.1. The molecule has 0 spiro atoms. The van der Waals surface area contributed by atoms with Crippen LogP contribution < -0.4 is 0 Å². The molecule has 2 nitrogen and oxygen atoms in total. The molecule has 0 atom stereocenters. The van der Waals surface area contributed by atoms with Crippen LogP contribution in [0, 0.1) is 5.92 Å². The molecule has 0 amide bonds. The van der Waals surface area contributed by atoms with Gasteiger partial charge in [0.05, 0.1) is 12.2 Å². The third-order valence-corrected chi connectivity index (χ3v) is 6.61. The van der Waals surface area contributed by atoms with E-state index >= 15 is 0 Å². The summed E-state index contributed by atoms with van der Waals surface area (Å²) in [4.78, 5) is 12.1. The second-order valence-electron chi connectivity index (χ2n) is 11.2. The Morgan fingerprint density at radius 2 is 1.62 bits per heavy atom. The summed E-state index contributed by atoms with van der Waals surface area (Å²) < 4.78 is 5.24. The largest absolute Gasteiger partial charge is 0.462 e. The summed E-state index contributed by atoms with van der Waals surface area (Å²) in [6, 6.07) is 12.7. The van der Waals surface area contributed by atoms with Gasteiger partial charge in [0.2, 0.25) is 0 Å². The molecule has 172 valence electrons. The number of hydrogen-bond acceptors (Lipinski definition) is 2. The molecule has 2 aromatic carbocycles. The number of fused-ring (bicyclic) bond motifs is 1. The van der Waals surface area contributed by atoms with Crippen LogP contribution in [-0.4, -0.2) is 12.6 Å². The molecule has 32 heavy (non-hydrogen) atoms. The summed E-state index contributed by atoms with van der Waals surface area (Å²) in [6.45, 7) is 18.8. The fourth-order valence-electron chi connectivity index (χ4n) is 5.36. The molecule has 2 heteroatoms. The van der Waals surface area contributed by atoms with Gasteiger partial charge < -0.3 is 4.74 Å². The number of ether oxygens (including phenoxy) is 1. The van der Waals surface area contributed by atoms with Crippen molar-refractivity contribution < 1.29 is 9.53 Å². The van der Waals surface area contributed by atoms with Crippen LogP contribution in [0.15, 0.2) is 36.4 Å². The van der Waals surface area contributed by atoms with Crippen molar-refractivity contribution >= 4 is 17.6 Å². The maximum Gasteiger partial charge on any atom is 0.338 e. The number of allylic oxidation sites excluding steroid dienone is 1. The van der Waals surface area contributed by atoms with Gasteiger partial charge in [-0.15, -0.1) is 0 Å². The minimum atomic E-state index is -0.248. The molecule has 0 heterocycles. The van der Waals surface area contributed by atoms with E-state index in [0.717, 1.165) is 18.4 Å². The number of carbonyl (C=O) groups is 1. The van der Waals surface area contributed by atoms with E-state index in [1.165, 1.54) is 34.2 Å². The van der Waals surface area contributed by atoms with Crippen molar-refractivity contribution in [3.8, 4) is 0 Å². The maximum atomic E-state index is 12.1. The summed E-state index contributed by atoms with van der Waals surface area (Å²) in [6.07, 6.45) is 5.32. The molecule has 0 aromatic heterocycles. The van der Waals surface area contributed by atoms with Crippen LogP contribution in [0.5, 0.6) is 0 Å². The van der Waals surface area contributed by atoms with Crippen LogP contribution in [0.25, 0.3) is 11.6 Å². The molecule has 0 saturated carbocycles. The molecule has 0 bridgehead atoms. The van der Waals surface area contributed by atoms with Crippen LogP contribution in [0.2, 0.25) is 0 Å². The second kappa shape index (κ2) is 9.25. The third kappa shape index (κ3) is 5.17. The highest BCUT2D eigenvalue weighted by molar-refractivity contribution is 5.90. The zero-order valence-electron chi connectivity index (χ0n) is 21.3. The lowest BCUT2D eigenvalue weighted by molar-refractivity contribution is 0.0505. The molecule has 1 aliphatic rings. The molecule has 0 fully saturated rings. The average Bonchev–Trinajstić information content (AvgIpc) is 2.89. The Kier molecular flexibility index (Phi) is 7.03. The van der Waals surface area contributed by atoms with Gasteiger partial charge in [0.1, 0.15) is 0 Å². The highest BCUT2D eigenvalue weighted by Crippen LogP contribution is 2.50. The molecule has 0 unspecified atom stereocenters. The van der Waals surface area contributed by atoms with Crippen LogP contribution in [0.3, 0.4) is 0 Å². The van der Waals surface area contributed by atoms with Crippen molar-refractivity contribution in [2.45, 2.75) is 85.5 Å². The Morgan fingerprint density at radius 1 is 1.03 bits per heavy atom. The van der Waals surface area contributed by atoms with Crippen molar-refractivity contribution in [3.63, 3.8) is 0 Å². The van der Waals surface area contributed by atoms with Crippen molar-refractivity contribution in [1.82, 2.24) is 0 Å². The average molecular weight is 433 g/mol.